The minimum atomic E-state index is -0.783. The van der Waals surface area contributed by atoms with Gasteiger partial charge in [-0.15, -0.1) is 0 Å². The Bertz CT molecular complexity index is 274. The molecule has 0 spiro atoms. The van der Waals surface area contributed by atoms with E-state index in [1.54, 1.807) is 6.92 Å². The van der Waals surface area contributed by atoms with Crippen LogP contribution in [0.2, 0.25) is 0 Å². The molecule has 0 aromatic carbocycles. The van der Waals surface area contributed by atoms with Crippen molar-refractivity contribution in [2.45, 2.75) is 39.2 Å². The quantitative estimate of drug-likeness (QED) is 0.377. The van der Waals surface area contributed by atoms with Gasteiger partial charge in [-0.2, -0.15) is 0 Å². The number of carbonyl (C=O) groups is 1. The third-order valence-corrected chi connectivity index (χ3v) is 2.95. The van der Waals surface area contributed by atoms with Crippen LogP contribution in [-0.4, -0.2) is 54.0 Å². The van der Waals surface area contributed by atoms with Crippen LogP contribution in [0.15, 0.2) is 12.2 Å². The van der Waals surface area contributed by atoms with Crippen LogP contribution in [-0.2, 0) is 4.79 Å². The van der Waals surface area contributed by atoms with Crippen LogP contribution in [0.4, 0.5) is 0 Å². The minimum Gasteiger partial charge on any atom is -0.481 e. The number of aliphatic hydroxyl groups is 1. The van der Waals surface area contributed by atoms with Crippen LogP contribution in [0.1, 0.15) is 33.1 Å². The van der Waals surface area contributed by atoms with E-state index in [-0.39, 0.29) is 0 Å². The minimum absolute atomic E-state index is 0.392. The molecule has 0 aromatic rings. The lowest BCUT2D eigenvalue weighted by atomic mass is 10.1. The van der Waals surface area contributed by atoms with Crippen molar-refractivity contribution >= 4 is 5.97 Å². The van der Waals surface area contributed by atoms with Gasteiger partial charge in [0.1, 0.15) is 18.6 Å². The van der Waals surface area contributed by atoms with E-state index >= 15 is 0 Å². The molecule has 0 fully saturated rings. The normalized spacial score (nSPS) is 15.8. The van der Waals surface area contributed by atoms with E-state index in [1.165, 1.54) is 0 Å². The maximum absolute atomic E-state index is 10.8. The van der Waals surface area contributed by atoms with E-state index in [0.29, 0.717) is 17.6 Å². The lowest BCUT2D eigenvalue weighted by Crippen LogP contribution is -2.48. The van der Waals surface area contributed by atoms with E-state index in [0.717, 1.165) is 19.3 Å². The summed E-state index contributed by atoms with van der Waals surface area (Å²) in [4.78, 5) is 10.8. The molecule has 0 heterocycles. The first kappa shape index (κ1) is 17.1. The monoisotopic (exact) mass is 258 g/mol. The third-order valence-electron chi connectivity index (χ3n) is 2.95. The zero-order chi connectivity index (χ0) is 14.2. The van der Waals surface area contributed by atoms with Crippen LogP contribution in [0.3, 0.4) is 0 Å². The molecule has 0 bridgehead atoms. The van der Waals surface area contributed by atoms with Crippen molar-refractivity contribution in [1.29, 1.82) is 0 Å². The Hall–Kier alpha value is -0.870. The highest BCUT2D eigenvalue weighted by atomic mass is 16.4. The summed E-state index contributed by atoms with van der Waals surface area (Å²) < 4.78 is 0.507. The second-order valence-electron chi connectivity index (χ2n) is 5.68. The molecule has 106 valence electrons. The number of carboxylic acid groups (broad SMARTS) is 1. The van der Waals surface area contributed by atoms with E-state index in [1.807, 2.05) is 26.2 Å². The number of quaternary nitrogens is 1. The molecular formula is C14H28NO3+. The lowest BCUT2D eigenvalue weighted by Gasteiger charge is -2.32. The molecule has 0 radical (unpaired) electrons. The number of carboxylic acids is 1. The summed E-state index contributed by atoms with van der Waals surface area (Å²) >= 11 is 0. The van der Waals surface area contributed by atoms with Crippen LogP contribution in [0.25, 0.3) is 0 Å². The Balaban J connectivity index is 4.14. The molecule has 0 aromatic heterocycles. The molecule has 0 amide bonds. The molecule has 4 heteroatoms. The summed E-state index contributed by atoms with van der Waals surface area (Å²) in [5.41, 5.74) is 0. The van der Waals surface area contributed by atoms with Gasteiger partial charge < -0.3 is 14.7 Å². The number of nitrogens with zero attached hydrogens (tertiary/aromatic N) is 1. The van der Waals surface area contributed by atoms with Crippen molar-refractivity contribution in [1.82, 2.24) is 0 Å². The van der Waals surface area contributed by atoms with Crippen molar-refractivity contribution in [2.75, 3.05) is 27.2 Å². The smallest absolute Gasteiger partial charge is 0.311 e. The number of likely N-dealkylation sites (N-methyl/N-ethyl adjacent to an activating group) is 1. The van der Waals surface area contributed by atoms with Crippen molar-refractivity contribution in [3.63, 3.8) is 0 Å². The van der Waals surface area contributed by atoms with Crippen molar-refractivity contribution in [3.05, 3.63) is 12.2 Å². The number of rotatable bonds is 9. The lowest BCUT2D eigenvalue weighted by molar-refractivity contribution is -0.894. The zero-order valence-corrected chi connectivity index (χ0v) is 12.1. The average Bonchev–Trinajstić information content (AvgIpc) is 2.22. The Kier molecular flexibility index (Phi) is 7.87. The molecule has 0 saturated carbocycles. The Morgan fingerprint density at radius 2 is 1.94 bits per heavy atom. The highest BCUT2D eigenvalue weighted by Gasteiger charge is 2.25. The van der Waals surface area contributed by atoms with Gasteiger partial charge in [0.15, 0.2) is 0 Å². The van der Waals surface area contributed by atoms with Crippen molar-refractivity contribution in [2.24, 2.45) is 5.92 Å². The first-order valence-corrected chi connectivity index (χ1v) is 6.68. The number of hydrogen-bond donors (Lipinski definition) is 2. The first-order valence-electron chi connectivity index (χ1n) is 6.68. The summed E-state index contributed by atoms with van der Waals surface area (Å²) in [5.74, 6) is -1.18. The van der Waals surface area contributed by atoms with Gasteiger partial charge in [0.05, 0.1) is 20.6 Å². The maximum atomic E-state index is 10.8. The Morgan fingerprint density at radius 3 is 2.44 bits per heavy atom. The molecule has 2 N–H and O–H groups in total. The largest absolute Gasteiger partial charge is 0.481 e. The van der Waals surface area contributed by atoms with E-state index in [4.69, 9.17) is 5.11 Å². The van der Waals surface area contributed by atoms with Gasteiger partial charge in [0.25, 0.3) is 0 Å². The topological polar surface area (TPSA) is 57.5 Å². The Morgan fingerprint density at radius 1 is 1.33 bits per heavy atom. The van der Waals surface area contributed by atoms with Crippen LogP contribution >= 0.6 is 0 Å². The molecular weight excluding hydrogens is 230 g/mol. The molecule has 18 heavy (non-hydrogen) atoms. The summed E-state index contributed by atoms with van der Waals surface area (Å²) in [7, 11) is 3.89. The number of hydrogen-bond acceptors (Lipinski definition) is 2. The van der Waals surface area contributed by atoms with Gasteiger partial charge in [0, 0.05) is 0 Å². The standard InChI is InChI=1S/C14H27NO3/c1-5-6-7-8-9-13(16)11-15(3,4)10-12(2)14(17)18/h8-9,12-13,16H,5-7,10-11H2,1-4H3/p+1/b9-8+. The van der Waals surface area contributed by atoms with Crippen molar-refractivity contribution < 1.29 is 19.5 Å². The fourth-order valence-electron chi connectivity index (χ4n) is 2.04. The molecule has 4 nitrogen and oxygen atoms in total. The summed E-state index contributed by atoms with van der Waals surface area (Å²) in [6.07, 6.45) is 6.61. The predicted octanol–water partition coefficient (Wildman–Crippen LogP) is 1.89. The van der Waals surface area contributed by atoms with Crippen LogP contribution < -0.4 is 0 Å². The predicted molar refractivity (Wildman–Crippen MR) is 73.3 cm³/mol. The summed E-state index contributed by atoms with van der Waals surface area (Å²) in [6.45, 7) is 4.90. The van der Waals surface area contributed by atoms with E-state index < -0.39 is 18.0 Å². The molecule has 2 unspecified atom stereocenters. The summed E-state index contributed by atoms with van der Waals surface area (Å²) in [6, 6.07) is 0. The fourth-order valence-corrected chi connectivity index (χ4v) is 2.04. The second-order valence-corrected chi connectivity index (χ2v) is 5.68. The molecule has 0 rings (SSSR count). The second kappa shape index (κ2) is 8.27. The maximum Gasteiger partial charge on any atom is 0.311 e. The average molecular weight is 258 g/mol. The van der Waals surface area contributed by atoms with Gasteiger partial charge >= 0.3 is 5.97 Å². The number of unbranched alkanes of at least 4 members (excludes halogenated alkanes) is 2. The highest BCUT2D eigenvalue weighted by molar-refractivity contribution is 5.69. The van der Waals surface area contributed by atoms with E-state index in [2.05, 4.69) is 6.92 Å². The molecule has 0 aliphatic carbocycles. The Labute approximate surface area is 111 Å². The van der Waals surface area contributed by atoms with Gasteiger partial charge in [-0.3, -0.25) is 4.79 Å². The van der Waals surface area contributed by atoms with Crippen LogP contribution in [0.5, 0.6) is 0 Å². The SMILES string of the molecule is CCCC/C=C/C(O)C[N+](C)(C)CC(C)C(=O)O. The molecule has 2 atom stereocenters. The fraction of sp³-hybridized carbons (Fsp3) is 0.786. The molecule has 0 aliphatic rings. The first-order chi connectivity index (χ1) is 8.28. The molecule has 0 aliphatic heterocycles. The van der Waals surface area contributed by atoms with Crippen LogP contribution in [0, 0.1) is 5.92 Å². The number of aliphatic hydroxyl groups excluding tert-OH is 1. The van der Waals surface area contributed by atoms with Gasteiger partial charge in [0.2, 0.25) is 0 Å². The number of allylic oxidation sites excluding steroid dienone is 1. The highest BCUT2D eigenvalue weighted by Crippen LogP contribution is 2.08. The van der Waals surface area contributed by atoms with Gasteiger partial charge in [-0.05, 0) is 13.3 Å². The zero-order valence-electron chi connectivity index (χ0n) is 12.1. The summed E-state index contributed by atoms with van der Waals surface area (Å²) in [5, 5.41) is 18.8. The molecule has 0 saturated heterocycles. The van der Waals surface area contributed by atoms with Gasteiger partial charge in [-0.1, -0.05) is 31.9 Å². The van der Waals surface area contributed by atoms with Crippen molar-refractivity contribution in [3.8, 4) is 0 Å². The van der Waals surface area contributed by atoms with Gasteiger partial charge in [-0.25, -0.2) is 0 Å². The third kappa shape index (κ3) is 8.25. The van der Waals surface area contributed by atoms with E-state index in [9.17, 15) is 9.90 Å². The number of aliphatic carboxylic acids is 1.